The quantitative estimate of drug-likeness (QED) is 0.690. The lowest BCUT2D eigenvalue weighted by Gasteiger charge is -2.05. The Hall–Kier alpha value is -1.18. The molecule has 0 atom stereocenters. The second-order valence-electron chi connectivity index (χ2n) is 4.14. The highest BCUT2D eigenvalue weighted by atomic mass is 79.9. The van der Waals surface area contributed by atoms with Gasteiger partial charge in [0.1, 0.15) is 12.4 Å². The summed E-state index contributed by atoms with van der Waals surface area (Å²) < 4.78 is 3.61. The number of hydrogen-bond acceptors (Lipinski definition) is 3. The Morgan fingerprint density at radius 3 is 2.75 bits per heavy atom. The molecule has 4 nitrogen and oxygen atoms in total. The molecule has 2 aromatic heterocycles. The molecule has 0 fully saturated rings. The molecule has 102 valence electrons. The van der Waals surface area contributed by atoms with Gasteiger partial charge in [-0.05, 0) is 50.1 Å². The summed E-state index contributed by atoms with van der Waals surface area (Å²) in [6.07, 6.45) is 0. The summed E-state index contributed by atoms with van der Waals surface area (Å²) in [6, 6.07) is 9.47. The lowest BCUT2D eigenvalue weighted by molar-refractivity contribution is -0.137. The Morgan fingerprint density at radius 2 is 2.10 bits per heavy atom. The maximum absolute atomic E-state index is 11.1. The first-order valence-corrected chi connectivity index (χ1v) is 8.09. The summed E-state index contributed by atoms with van der Waals surface area (Å²) in [5.41, 5.74) is 2.50. The van der Waals surface area contributed by atoms with E-state index in [9.17, 15) is 4.79 Å². The summed E-state index contributed by atoms with van der Waals surface area (Å²) in [5, 5.41) is 9.12. The molecule has 7 heteroatoms. The van der Waals surface area contributed by atoms with Gasteiger partial charge in [0.15, 0.2) is 0 Å². The van der Waals surface area contributed by atoms with Crippen molar-refractivity contribution in [1.29, 1.82) is 0 Å². The van der Waals surface area contributed by atoms with E-state index in [1.54, 1.807) is 4.57 Å². The zero-order chi connectivity index (χ0) is 14.3. The van der Waals surface area contributed by atoms with E-state index in [1.807, 2.05) is 30.3 Å². The van der Waals surface area contributed by atoms with Gasteiger partial charge in [0.05, 0.1) is 18.6 Å². The minimum absolute atomic E-state index is 0.115. The molecule has 1 aromatic carbocycles. The van der Waals surface area contributed by atoms with E-state index in [0.29, 0.717) is 5.82 Å². The Bertz CT molecular complexity index is 810. The summed E-state index contributed by atoms with van der Waals surface area (Å²) >= 11 is 8.47. The standard InChI is InChI=1S/C13H8Br2N2O2S/c14-10-5-7(12(15)20-10)13-16-8-3-1-2-4-9(8)17(13)6-11(18)19/h1-5H,6H2,(H,18,19). The third-order valence-corrected chi connectivity index (χ3v) is 5.18. The van der Waals surface area contributed by atoms with Crippen LogP contribution in [0.3, 0.4) is 0 Å². The van der Waals surface area contributed by atoms with Crippen molar-refractivity contribution in [3.8, 4) is 11.4 Å². The summed E-state index contributed by atoms with van der Waals surface area (Å²) in [7, 11) is 0. The van der Waals surface area contributed by atoms with E-state index < -0.39 is 5.97 Å². The second-order valence-corrected chi connectivity index (χ2v) is 7.89. The molecule has 0 saturated carbocycles. The second kappa shape index (κ2) is 5.31. The average Bonchev–Trinajstić information content (AvgIpc) is 2.90. The first-order valence-electron chi connectivity index (χ1n) is 5.68. The number of aromatic nitrogens is 2. The molecule has 0 aliphatic heterocycles. The van der Waals surface area contributed by atoms with E-state index in [4.69, 9.17) is 5.11 Å². The van der Waals surface area contributed by atoms with Crippen molar-refractivity contribution in [2.24, 2.45) is 0 Å². The zero-order valence-electron chi connectivity index (χ0n) is 10.0. The van der Waals surface area contributed by atoms with E-state index in [0.717, 1.165) is 24.2 Å². The number of carbonyl (C=O) groups is 1. The number of hydrogen-bond donors (Lipinski definition) is 1. The van der Waals surface area contributed by atoms with Crippen LogP contribution in [0.1, 0.15) is 0 Å². The average molecular weight is 416 g/mol. The number of carboxylic acids is 1. The molecule has 20 heavy (non-hydrogen) atoms. The Balaban J connectivity index is 2.28. The van der Waals surface area contributed by atoms with Crippen molar-refractivity contribution in [2.45, 2.75) is 6.54 Å². The van der Waals surface area contributed by atoms with Crippen LogP contribution in [-0.2, 0) is 11.3 Å². The van der Waals surface area contributed by atoms with E-state index in [1.165, 1.54) is 11.3 Å². The van der Waals surface area contributed by atoms with Gasteiger partial charge in [-0.15, -0.1) is 11.3 Å². The van der Waals surface area contributed by atoms with E-state index in [2.05, 4.69) is 36.8 Å². The normalized spacial score (nSPS) is 11.1. The van der Waals surface area contributed by atoms with Crippen molar-refractivity contribution in [3.63, 3.8) is 0 Å². The van der Waals surface area contributed by atoms with Crippen LogP contribution in [-0.4, -0.2) is 20.6 Å². The molecule has 0 radical (unpaired) electrons. The molecule has 0 spiro atoms. The highest BCUT2D eigenvalue weighted by Crippen LogP contribution is 2.39. The molecule has 3 rings (SSSR count). The molecular weight excluding hydrogens is 408 g/mol. The van der Waals surface area contributed by atoms with Gasteiger partial charge in [-0.2, -0.15) is 0 Å². The topological polar surface area (TPSA) is 55.1 Å². The number of thiophene rings is 1. The highest BCUT2D eigenvalue weighted by molar-refractivity contribution is 9.12. The fraction of sp³-hybridized carbons (Fsp3) is 0.0769. The largest absolute Gasteiger partial charge is 0.480 e. The molecule has 0 aliphatic carbocycles. The van der Waals surface area contributed by atoms with Crippen molar-refractivity contribution in [2.75, 3.05) is 0 Å². The van der Waals surface area contributed by atoms with Crippen LogP contribution >= 0.6 is 43.2 Å². The molecule has 2 heterocycles. The van der Waals surface area contributed by atoms with Gasteiger partial charge in [-0.1, -0.05) is 12.1 Å². The molecule has 0 unspecified atom stereocenters. The van der Waals surface area contributed by atoms with Gasteiger partial charge in [-0.3, -0.25) is 4.79 Å². The number of para-hydroxylation sites is 2. The Kier molecular flexibility index (Phi) is 3.66. The van der Waals surface area contributed by atoms with Gasteiger partial charge < -0.3 is 9.67 Å². The predicted octanol–water partition coefficient (Wildman–Crippen LogP) is 4.37. The third kappa shape index (κ3) is 2.41. The van der Waals surface area contributed by atoms with Crippen LogP contribution in [0.2, 0.25) is 0 Å². The highest BCUT2D eigenvalue weighted by Gasteiger charge is 2.18. The first kappa shape index (κ1) is 13.8. The molecule has 3 aromatic rings. The lowest BCUT2D eigenvalue weighted by atomic mass is 10.3. The third-order valence-electron chi connectivity index (χ3n) is 2.85. The fourth-order valence-electron chi connectivity index (χ4n) is 2.07. The maximum atomic E-state index is 11.1. The molecule has 1 N–H and O–H groups in total. The molecule has 0 aliphatic rings. The number of halogens is 2. The van der Waals surface area contributed by atoms with Crippen molar-refractivity contribution >= 4 is 60.2 Å². The minimum Gasteiger partial charge on any atom is -0.480 e. The van der Waals surface area contributed by atoms with Gasteiger partial charge in [0.2, 0.25) is 0 Å². The van der Waals surface area contributed by atoms with Crippen molar-refractivity contribution < 1.29 is 9.90 Å². The Morgan fingerprint density at radius 1 is 1.35 bits per heavy atom. The number of aliphatic carboxylic acids is 1. The molecular formula is C13H8Br2N2O2S. The smallest absolute Gasteiger partial charge is 0.323 e. The van der Waals surface area contributed by atoms with Gasteiger partial charge in [0, 0.05) is 5.56 Å². The van der Waals surface area contributed by atoms with Gasteiger partial charge in [0.25, 0.3) is 0 Å². The van der Waals surface area contributed by atoms with Crippen molar-refractivity contribution in [1.82, 2.24) is 9.55 Å². The molecule has 0 bridgehead atoms. The van der Waals surface area contributed by atoms with Crippen molar-refractivity contribution in [3.05, 3.63) is 37.9 Å². The van der Waals surface area contributed by atoms with Crippen LogP contribution < -0.4 is 0 Å². The van der Waals surface area contributed by atoms with Gasteiger partial charge >= 0.3 is 5.97 Å². The first-order chi connectivity index (χ1) is 9.56. The number of fused-ring (bicyclic) bond motifs is 1. The zero-order valence-corrected chi connectivity index (χ0v) is 14.0. The number of benzene rings is 1. The number of rotatable bonds is 3. The number of nitrogens with zero attached hydrogens (tertiary/aromatic N) is 2. The Labute approximate surface area is 135 Å². The lowest BCUT2D eigenvalue weighted by Crippen LogP contribution is -2.09. The van der Waals surface area contributed by atoms with Crippen LogP contribution in [0, 0.1) is 0 Å². The van der Waals surface area contributed by atoms with E-state index in [-0.39, 0.29) is 6.54 Å². The van der Waals surface area contributed by atoms with Crippen LogP contribution in [0.4, 0.5) is 0 Å². The SMILES string of the molecule is O=C(O)Cn1c(-c2cc(Br)sc2Br)nc2ccccc21. The van der Waals surface area contributed by atoms with E-state index >= 15 is 0 Å². The monoisotopic (exact) mass is 414 g/mol. The number of carboxylic acid groups (broad SMARTS) is 1. The van der Waals surface area contributed by atoms with Crippen LogP contribution in [0.5, 0.6) is 0 Å². The van der Waals surface area contributed by atoms with Crippen LogP contribution in [0.25, 0.3) is 22.4 Å². The molecule has 0 amide bonds. The summed E-state index contributed by atoms with van der Waals surface area (Å²) in [5.74, 6) is -0.234. The fourth-order valence-corrected chi connectivity index (χ4v) is 4.86. The number of imidazole rings is 1. The van der Waals surface area contributed by atoms with Gasteiger partial charge in [-0.25, -0.2) is 4.98 Å². The van der Waals surface area contributed by atoms with Crippen LogP contribution in [0.15, 0.2) is 37.9 Å². The maximum Gasteiger partial charge on any atom is 0.323 e. The minimum atomic E-state index is -0.889. The molecule has 0 saturated heterocycles. The predicted molar refractivity (Wildman–Crippen MR) is 86.1 cm³/mol. The summed E-state index contributed by atoms with van der Waals surface area (Å²) in [4.78, 5) is 15.7. The summed E-state index contributed by atoms with van der Waals surface area (Å²) in [6.45, 7) is -0.115.